The second kappa shape index (κ2) is 3.03. The molecule has 0 saturated carbocycles. The Hall–Kier alpha value is -1.21. The van der Waals surface area contributed by atoms with E-state index in [1.54, 1.807) is 6.20 Å². The molecule has 0 unspecified atom stereocenters. The van der Waals surface area contributed by atoms with Gasteiger partial charge < -0.3 is 10.2 Å². The Morgan fingerprint density at radius 3 is 2.58 bits per heavy atom. The molecule has 2 N–H and O–H groups in total. The second-order valence-corrected chi connectivity index (χ2v) is 8.31. The van der Waals surface area contributed by atoms with Crippen molar-refractivity contribution in [3.8, 4) is 11.5 Å². The number of nitrogen functional groups attached to an aromatic ring is 1. The number of hydrogen-bond donors (Lipinski definition) is 1. The summed E-state index contributed by atoms with van der Waals surface area (Å²) in [5, 5.41) is 0. The van der Waals surface area contributed by atoms with Gasteiger partial charge in [-0.1, -0.05) is 19.6 Å². The predicted molar refractivity (Wildman–Crippen MR) is 51.1 cm³/mol. The molecule has 1 aromatic heterocycles. The molecule has 0 atom stereocenters. The van der Waals surface area contributed by atoms with Gasteiger partial charge in [-0.25, -0.2) is 4.98 Å². The fourth-order valence-corrected chi connectivity index (χ4v) is 1.09. The van der Waals surface area contributed by atoms with Crippen LogP contribution < -0.4 is 5.73 Å². The van der Waals surface area contributed by atoms with Crippen LogP contribution in [-0.4, -0.2) is 13.1 Å². The molecule has 0 radical (unpaired) electrons. The highest BCUT2D eigenvalue weighted by Gasteiger charge is 2.07. The van der Waals surface area contributed by atoms with E-state index in [0.717, 1.165) is 0 Å². The summed E-state index contributed by atoms with van der Waals surface area (Å²) in [5.74, 6) is 3.46. The Labute approximate surface area is 73.0 Å². The predicted octanol–water partition coefficient (Wildman–Crippen LogP) is 1.49. The number of hydrogen-bond acceptors (Lipinski definition) is 3. The van der Waals surface area contributed by atoms with Crippen LogP contribution in [0.2, 0.25) is 19.6 Å². The first-order chi connectivity index (χ1) is 5.47. The third kappa shape index (κ3) is 2.80. The Morgan fingerprint density at radius 1 is 1.50 bits per heavy atom. The Kier molecular flexibility index (Phi) is 2.24. The van der Waals surface area contributed by atoms with E-state index < -0.39 is 8.07 Å². The van der Waals surface area contributed by atoms with E-state index in [-0.39, 0.29) is 6.01 Å². The van der Waals surface area contributed by atoms with Gasteiger partial charge >= 0.3 is 0 Å². The minimum absolute atomic E-state index is 0.176. The summed E-state index contributed by atoms with van der Waals surface area (Å²) >= 11 is 0. The van der Waals surface area contributed by atoms with Gasteiger partial charge in [0.25, 0.3) is 6.01 Å². The van der Waals surface area contributed by atoms with E-state index in [4.69, 9.17) is 10.2 Å². The van der Waals surface area contributed by atoms with Crippen LogP contribution in [0, 0.1) is 11.5 Å². The number of oxazole rings is 1. The summed E-state index contributed by atoms with van der Waals surface area (Å²) in [5.41, 5.74) is 8.43. The normalized spacial score (nSPS) is 10.6. The zero-order valence-corrected chi connectivity index (χ0v) is 8.51. The van der Waals surface area contributed by atoms with Crippen molar-refractivity contribution >= 4 is 14.1 Å². The zero-order chi connectivity index (χ0) is 9.19. The molecule has 4 heteroatoms. The van der Waals surface area contributed by atoms with Crippen molar-refractivity contribution in [2.24, 2.45) is 0 Å². The summed E-state index contributed by atoms with van der Waals surface area (Å²) in [7, 11) is -1.32. The lowest BCUT2D eigenvalue weighted by Crippen LogP contribution is -2.16. The largest absolute Gasteiger partial charge is 0.415 e. The molecule has 0 bridgehead atoms. The van der Waals surface area contributed by atoms with Gasteiger partial charge in [0.05, 0.1) is 6.20 Å². The molecule has 0 aliphatic heterocycles. The molecule has 0 spiro atoms. The van der Waals surface area contributed by atoms with E-state index in [2.05, 4.69) is 36.1 Å². The van der Waals surface area contributed by atoms with Crippen LogP contribution in [-0.2, 0) is 0 Å². The first-order valence-electron chi connectivity index (χ1n) is 3.72. The van der Waals surface area contributed by atoms with E-state index >= 15 is 0 Å². The number of nitrogens with zero attached hydrogens (tertiary/aromatic N) is 1. The molecule has 0 aliphatic rings. The van der Waals surface area contributed by atoms with Gasteiger partial charge in [0.2, 0.25) is 0 Å². The molecule has 3 nitrogen and oxygen atoms in total. The zero-order valence-electron chi connectivity index (χ0n) is 7.51. The SMILES string of the molecule is C[Si](C)(C)C#Cc1cnc(N)o1. The average molecular weight is 180 g/mol. The minimum Gasteiger partial charge on any atom is -0.415 e. The fourth-order valence-electron chi connectivity index (χ4n) is 0.594. The standard InChI is InChI=1S/C8H12N2OSi/c1-12(2,3)5-4-7-6-10-8(9)11-7/h6H,1-3H3,(H2,9,10). The van der Waals surface area contributed by atoms with E-state index in [9.17, 15) is 0 Å². The fraction of sp³-hybridized carbons (Fsp3) is 0.375. The van der Waals surface area contributed by atoms with Crippen molar-refractivity contribution < 1.29 is 4.42 Å². The smallest absolute Gasteiger partial charge is 0.293 e. The van der Waals surface area contributed by atoms with Crippen LogP contribution in [0.25, 0.3) is 0 Å². The van der Waals surface area contributed by atoms with E-state index in [0.29, 0.717) is 5.76 Å². The summed E-state index contributed by atoms with van der Waals surface area (Å²) < 4.78 is 4.99. The van der Waals surface area contributed by atoms with Crippen LogP contribution >= 0.6 is 0 Å². The van der Waals surface area contributed by atoms with Gasteiger partial charge in [-0.3, -0.25) is 0 Å². The third-order valence-electron chi connectivity index (χ3n) is 1.08. The van der Waals surface area contributed by atoms with Gasteiger partial charge in [0.15, 0.2) is 5.76 Å². The molecule has 1 aromatic rings. The number of aromatic nitrogens is 1. The lowest BCUT2D eigenvalue weighted by atomic mass is 10.5. The summed E-state index contributed by atoms with van der Waals surface area (Å²) in [4.78, 5) is 3.74. The van der Waals surface area contributed by atoms with Crippen LogP contribution in [0.4, 0.5) is 6.01 Å². The molecule has 1 rings (SSSR count). The summed E-state index contributed by atoms with van der Waals surface area (Å²) in [6, 6.07) is 0.176. The van der Waals surface area contributed by atoms with Crippen LogP contribution in [0.1, 0.15) is 5.76 Å². The monoisotopic (exact) mass is 180 g/mol. The molecule has 1 heterocycles. The van der Waals surface area contributed by atoms with Gasteiger partial charge in [-0.2, -0.15) is 0 Å². The van der Waals surface area contributed by atoms with Crippen LogP contribution in [0.5, 0.6) is 0 Å². The van der Waals surface area contributed by atoms with Gasteiger partial charge in [-0.05, 0) is 5.92 Å². The molecule has 0 aliphatic carbocycles. The quantitative estimate of drug-likeness (QED) is 0.486. The van der Waals surface area contributed by atoms with Crippen molar-refractivity contribution in [3.63, 3.8) is 0 Å². The Balaban J connectivity index is 2.80. The maximum Gasteiger partial charge on any atom is 0.293 e. The minimum atomic E-state index is -1.32. The first-order valence-corrected chi connectivity index (χ1v) is 7.22. The van der Waals surface area contributed by atoms with E-state index in [1.807, 2.05) is 0 Å². The maximum atomic E-state index is 5.28. The summed E-state index contributed by atoms with van der Waals surface area (Å²) in [6.07, 6.45) is 1.54. The van der Waals surface area contributed by atoms with Crippen molar-refractivity contribution in [2.45, 2.75) is 19.6 Å². The van der Waals surface area contributed by atoms with Crippen molar-refractivity contribution in [1.29, 1.82) is 0 Å². The maximum absolute atomic E-state index is 5.28. The first kappa shape index (κ1) is 8.88. The van der Waals surface area contributed by atoms with Crippen molar-refractivity contribution in [1.82, 2.24) is 4.98 Å². The van der Waals surface area contributed by atoms with Crippen LogP contribution in [0.3, 0.4) is 0 Å². The molecular formula is C8H12N2OSi. The highest BCUT2D eigenvalue weighted by atomic mass is 28.3. The number of anilines is 1. The number of rotatable bonds is 0. The molecule has 0 amide bonds. The number of nitrogens with two attached hydrogens (primary N) is 1. The molecular weight excluding hydrogens is 168 g/mol. The van der Waals surface area contributed by atoms with Crippen LogP contribution in [0.15, 0.2) is 10.6 Å². The van der Waals surface area contributed by atoms with Gasteiger partial charge in [0, 0.05) is 0 Å². The second-order valence-electron chi connectivity index (χ2n) is 3.56. The Morgan fingerprint density at radius 2 is 2.17 bits per heavy atom. The molecule has 64 valence electrons. The average Bonchev–Trinajstić information content (AvgIpc) is 2.30. The van der Waals surface area contributed by atoms with E-state index in [1.165, 1.54) is 0 Å². The molecule has 0 aromatic carbocycles. The molecule has 0 fully saturated rings. The van der Waals surface area contributed by atoms with Gasteiger partial charge in [-0.15, -0.1) is 5.54 Å². The molecule has 12 heavy (non-hydrogen) atoms. The highest BCUT2D eigenvalue weighted by Crippen LogP contribution is 2.03. The van der Waals surface area contributed by atoms with Crippen molar-refractivity contribution in [2.75, 3.05) is 5.73 Å². The third-order valence-corrected chi connectivity index (χ3v) is 1.96. The Bertz CT molecular complexity index is 327. The summed E-state index contributed by atoms with van der Waals surface area (Å²) in [6.45, 7) is 6.50. The topological polar surface area (TPSA) is 52.0 Å². The lowest BCUT2D eigenvalue weighted by molar-refractivity contribution is 0.568. The van der Waals surface area contributed by atoms with Gasteiger partial charge in [0.1, 0.15) is 8.07 Å². The highest BCUT2D eigenvalue weighted by molar-refractivity contribution is 6.83. The molecule has 0 saturated heterocycles. The van der Waals surface area contributed by atoms with Crippen molar-refractivity contribution in [3.05, 3.63) is 12.0 Å². The lowest BCUT2D eigenvalue weighted by Gasteiger charge is -2.02.